The molecule has 0 aromatic heterocycles. The van der Waals surface area contributed by atoms with Crippen molar-refractivity contribution in [2.75, 3.05) is 11.7 Å². The van der Waals surface area contributed by atoms with Crippen molar-refractivity contribution in [3.05, 3.63) is 0 Å². The first kappa shape index (κ1) is 6.13. The molecule has 5 heavy (non-hydrogen) atoms. The molecule has 0 radical (unpaired) electrons. The third-order valence-corrected chi connectivity index (χ3v) is 3.04. The van der Waals surface area contributed by atoms with Crippen molar-refractivity contribution in [3.8, 4) is 0 Å². The van der Waals surface area contributed by atoms with Gasteiger partial charge in [-0.25, -0.2) is 0 Å². The molecule has 0 aliphatic heterocycles. The fourth-order valence-electron chi connectivity index (χ4n) is 0.0645. The van der Waals surface area contributed by atoms with Gasteiger partial charge in [-0.3, -0.25) is 0 Å². The van der Waals surface area contributed by atoms with E-state index in [0.717, 1.165) is 13.3 Å². The van der Waals surface area contributed by atoms with Crippen molar-refractivity contribution in [2.24, 2.45) is 0 Å². The standard InChI is InChI=1S/C2H7PS2/c1-5-3-2-4/h3-4H,2H2,1H3. The summed E-state index contributed by atoms with van der Waals surface area (Å²) in [5, 5.41) is 0. The maximum atomic E-state index is 3.99. The van der Waals surface area contributed by atoms with E-state index >= 15 is 0 Å². The van der Waals surface area contributed by atoms with Gasteiger partial charge in [0.25, 0.3) is 0 Å². The summed E-state index contributed by atoms with van der Waals surface area (Å²) < 4.78 is 0. The van der Waals surface area contributed by atoms with Gasteiger partial charge in [0.1, 0.15) is 0 Å². The average molecular weight is 126 g/mol. The molecular formula is C2H7PS2. The first-order chi connectivity index (χ1) is 2.41. The van der Waals surface area contributed by atoms with Crippen LogP contribution in [0, 0.1) is 0 Å². The second-order valence-electron chi connectivity index (χ2n) is 0.507. The molecule has 0 saturated heterocycles. The fraction of sp³-hybridized carbons (Fsp3) is 1.00. The van der Waals surface area contributed by atoms with E-state index in [1.807, 2.05) is 11.4 Å². The molecule has 1 atom stereocenters. The Kier molecular flexibility index (Phi) is 6.29. The van der Waals surface area contributed by atoms with Crippen molar-refractivity contribution in [3.63, 3.8) is 0 Å². The predicted molar refractivity (Wildman–Crippen MR) is 35.7 cm³/mol. The normalized spacial score (nSPS) is 10.8. The van der Waals surface area contributed by atoms with E-state index in [-0.39, 0.29) is 0 Å². The van der Waals surface area contributed by atoms with Crippen LogP contribution in [-0.4, -0.2) is 11.7 Å². The van der Waals surface area contributed by atoms with Gasteiger partial charge in [0.15, 0.2) is 0 Å². The quantitative estimate of drug-likeness (QED) is 0.435. The van der Waals surface area contributed by atoms with E-state index in [4.69, 9.17) is 0 Å². The molecular weight excluding hydrogens is 119 g/mol. The van der Waals surface area contributed by atoms with Crippen LogP contribution >= 0.6 is 31.8 Å². The minimum atomic E-state index is 0.978. The van der Waals surface area contributed by atoms with Gasteiger partial charge < -0.3 is 0 Å². The molecule has 0 aliphatic rings. The van der Waals surface area contributed by atoms with Crippen LogP contribution in [0.3, 0.4) is 0 Å². The first-order valence-corrected chi connectivity index (χ1v) is 5.07. The van der Waals surface area contributed by atoms with Gasteiger partial charge in [-0.1, -0.05) is 7.78 Å². The summed E-state index contributed by atoms with van der Waals surface area (Å²) in [5.41, 5.74) is 1.03. The largest absolute Gasteiger partial charge is 0.174 e. The average Bonchev–Trinajstić information content (AvgIpc) is 1.41. The molecule has 0 aromatic rings. The molecule has 0 aliphatic carbocycles. The Labute approximate surface area is 44.0 Å². The number of thiol groups is 1. The molecule has 0 fully saturated rings. The van der Waals surface area contributed by atoms with Gasteiger partial charge >= 0.3 is 0 Å². The SMILES string of the molecule is CSPCS. The molecule has 0 rings (SSSR count). The zero-order valence-electron chi connectivity index (χ0n) is 3.06. The van der Waals surface area contributed by atoms with Crippen LogP contribution in [-0.2, 0) is 0 Å². The third-order valence-electron chi connectivity index (χ3n) is 0.209. The Morgan fingerprint density at radius 3 is 2.60 bits per heavy atom. The van der Waals surface area contributed by atoms with Gasteiger partial charge in [0.05, 0.1) is 0 Å². The van der Waals surface area contributed by atoms with Crippen molar-refractivity contribution < 1.29 is 0 Å². The van der Waals surface area contributed by atoms with Crippen molar-refractivity contribution >= 4 is 31.8 Å². The zero-order chi connectivity index (χ0) is 4.12. The fourth-order valence-corrected chi connectivity index (χ4v) is 1.74. The van der Waals surface area contributed by atoms with Gasteiger partial charge in [-0.2, -0.15) is 12.6 Å². The van der Waals surface area contributed by atoms with E-state index in [9.17, 15) is 0 Å². The monoisotopic (exact) mass is 126 g/mol. The lowest BCUT2D eigenvalue weighted by atomic mass is 11.9. The Bertz CT molecular complexity index is 15.1. The van der Waals surface area contributed by atoms with E-state index in [0.29, 0.717) is 0 Å². The Morgan fingerprint density at radius 2 is 2.60 bits per heavy atom. The smallest absolute Gasteiger partial charge is 0.0171 e. The van der Waals surface area contributed by atoms with Crippen molar-refractivity contribution in [2.45, 2.75) is 0 Å². The highest BCUT2D eigenvalue weighted by molar-refractivity contribution is 8.50. The summed E-state index contributed by atoms with van der Waals surface area (Å²) in [6, 6.07) is 0. The van der Waals surface area contributed by atoms with Crippen LogP contribution < -0.4 is 0 Å². The molecule has 0 amide bonds. The zero-order valence-corrected chi connectivity index (χ0v) is 5.77. The lowest BCUT2D eigenvalue weighted by Gasteiger charge is -1.80. The lowest BCUT2D eigenvalue weighted by Crippen LogP contribution is -1.39. The van der Waals surface area contributed by atoms with Gasteiger partial charge in [-0.15, -0.1) is 11.4 Å². The van der Waals surface area contributed by atoms with Crippen LogP contribution in [0.25, 0.3) is 0 Å². The van der Waals surface area contributed by atoms with Crippen molar-refractivity contribution in [1.82, 2.24) is 0 Å². The number of hydrogen-bond donors (Lipinski definition) is 1. The second kappa shape index (κ2) is 5.13. The van der Waals surface area contributed by atoms with Crippen LogP contribution in [0.2, 0.25) is 0 Å². The van der Waals surface area contributed by atoms with Crippen LogP contribution in [0.15, 0.2) is 0 Å². The van der Waals surface area contributed by atoms with Crippen LogP contribution in [0.5, 0.6) is 0 Å². The first-order valence-electron chi connectivity index (χ1n) is 1.28. The highest BCUT2D eigenvalue weighted by atomic mass is 32.7. The molecule has 3 heteroatoms. The van der Waals surface area contributed by atoms with E-state index in [1.54, 1.807) is 0 Å². The molecule has 0 nitrogen and oxygen atoms in total. The van der Waals surface area contributed by atoms with Crippen LogP contribution in [0.1, 0.15) is 0 Å². The molecule has 32 valence electrons. The Hall–Kier alpha value is 1.13. The van der Waals surface area contributed by atoms with E-state index in [2.05, 4.69) is 18.9 Å². The molecule has 1 unspecified atom stereocenters. The minimum absolute atomic E-state index is 0.978. The molecule has 0 bridgehead atoms. The summed E-state index contributed by atoms with van der Waals surface area (Å²) >= 11 is 5.85. The highest BCUT2D eigenvalue weighted by Gasteiger charge is 1.67. The molecule has 0 aromatic carbocycles. The topological polar surface area (TPSA) is 0 Å². The van der Waals surface area contributed by atoms with Crippen LogP contribution in [0.4, 0.5) is 0 Å². The summed E-state index contributed by atoms with van der Waals surface area (Å²) in [5.74, 6) is 0. The summed E-state index contributed by atoms with van der Waals surface area (Å²) in [6.07, 6.45) is 2.09. The molecule has 0 N–H and O–H groups in total. The maximum absolute atomic E-state index is 3.99. The van der Waals surface area contributed by atoms with Gasteiger partial charge in [0.2, 0.25) is 0 Å². The van der Waals surface area contributed by atoms with Gasteiger partial charge in [-0.05, 0) is 6.26 Å². The van der Waals surface area contributed by atoms with E-state index < -0.39 is 0 Å². The highest BCUT2D eigenvalue weighted by Crippen LogP contribution is 2.25. The summed E-state index contributed by atoms with van der Waals surface area (Å²) in [6.45, 7) is 0. The number of hydrogen-bond acceptors (Lipinski definition) is 2. The third kappa shape index (κ3) is 5.13. The Morgan fingerprint density at radius 1 is 2.00 bits per heavy atom. The molecule has 0 saturated carbocycles. The predicted octanol–water partition coefficient (Wildman–Crippen LogP) is 1.83. The second-order valence-corrected chi connectivity index (χ2v) is 4.56. The number of rotatable bonds is 2. The minimum Gasteiger partial charge on any atom is -0.174 e. The molecule has 0 spiro atoms. The maximum Gasteiger partial charge on any atom is 0.0171 e. The summed E-state index contributed by atoms with van der Waals surface area (Å²) in [4.78, 5) is 0. The lowest BCUT2D eigenvalue weighted by molar-refractivity contribution is 2.33. The van der Waals surface area contributed by atoms with Crippen molar-refractivity contribution in [1.29, 1.82) is 0 Å². The molecule has 0 heterocycles. The summed E-state index contributed by atoms with van der Waals surface area (Å²) in [7, 11) is 0.978. The van der Waals surface area contributed by atoms with E-state index in [1.165, 1.54) is 0 Å². The van der Waals surface area contributed by atoms with Gasteiger partial charge in [0, 0.05) is 5.49 Å². The Balaban J connectivity index is 2.19.